The molecule has 1 nitrogen and oxygen atoms in total. The molecule has 1 heteroatoms. The molecule has 0 saturated heterocycles. The number of rotatable bonds is 0. The summed E-state index contributed by atoms with van der Waals surface area (Å²) in [5, 5.41) is 3.45. The SMILES string of the molecule is CC1NC/C=C\C=C/C[C@@H]1C. The number of nitrogens with one attached hydrogen (secondary N) is 1. The van der Waals surface area contributed by atoms with Crippen molar-refractivity contribution in [3.63, 3.8) is 0 Å². The first-order chi connectivity index (χ1) is 5.30. The Morgan fingerprint density at radius 2 is 1.91 bits per heavy atom. The van der Waals surface area contributed by atoms with Gasteiger partial charge in [0.05, 0.1) is 0 Å². The van der Waals surface area contributed by atoms with Crippen LogP contribution in [-0.4, -0.2) is 12.6 Å². The predicted octanol–water partition coefficient (Wildman–Crippen LogP) is 2.12. The Morgan fingerprint density at radius 1 is 1.18 bits per heavy atom. The molecule has 0 saturated carbocycles. The van der Waals surface area contributed by atoms with Gasteiger partial charge in [-0.2, -0.15) is 0 Å². The molecule has 0 aromatic heterocycles. The van der Waals surface area contributed by atoms with E-state index in [0.717, 1.165) is 12.5 Å². The van der Waals surface area contributed by atoms with Crippen molar-refractivity contribution in [2.75, 3.05) is 6.54 Å². The first-order valence-corrected chi connectivity index (χ1v) is 4.36. The average Bonchev–Trinajstić information content (AvgIpc) is 2.07. The van der Waals surface area contributed by atoms with Crippen molar-refractivity contribution in [3.05, 3.63) is 24.3 Å². The molecule has 1 unspecified atom stereocenters. The van der Waals surface area contributed by atoms with Crippen LogP contribution in [0.15, 0.2) is 24.3 Å². The third-order valence-corrected chi connectivity index (χ3v) is 2.30. The summed E-state index contributed by atoms with van der Waals surface area (Å²) in [6, 6.07) is 0.627. The zero-order valence-corrected chi connectivity index (χ0v) is 7.38. The Bertz CT molecular complexity index is 158. The molecule has 0 aromatic rings. The Balaban J connectivity index is 2.49. The average molecular weight is 151 g/mol. The molecule has 1 heterocycles. The maximum absolute atomic E-state index is 3.45. The highest BCUT2D eigenvalue weighted by molar-refractivity contribution is 5.05. The molecule has 1 aliphatic heterocycles. The summed E-state index contributed by atoms with van der Waals surface area (Å²) in [5.41, 5.74) is 0. The first-order valence-electron chi connectivity index (χ1n) is 4.36. The minimum Gasteiger partial charge on any atom is -0.311 e. The van der Waals surface area contributed by atoms with Crippen LogP contribution in [0.25, 0.3) is 0 Å². The zero-order valence-electron chi connectivity index (χ0n) is 7.38. The van der Waals surface area contributed by atoms with E-state index in [1.807, 2.05) is 0 Å². The Kier molecular flexibility index (Phi) is 3.37. The Morgan fingerprint density at radius 3 is 2.73 bits per heavy atom. The van der Waals surface area contributed by atoms with Crippen molar-refractivity contribution in [3.8, 4) is 0 Å². The van der Waals surface area contributed by atoms with Gasteiger partial charge in [-0.05, 0) is 19.3 Å². The smallest absolute Gasteiger partial charge is 0.0140 e. The fraction of sp³-hybridized carbons (Fsp3) is 0.600. The molecule has 0 bridgehead atoms. The molecule has 0 aliphatic carbocycles. The van der Waals surface area contributed by atoms with Crippen LogP contribution in [0.5, 0.6) is 0 Å². The van der Waals surface area contributed by atoms with Crippen molar-refractivity contribution in [2.45, 2.75) is 26.3 Å². The Hall–Kier alpha value is -0.560. The standard InChI is InChI=1S/C10H17N/c1-9-7-5-3-4-6-8-11-10(9)2/h3-6,9-11H,7-8H2,1-2H3/b5-3-,6-4-/t9-,10?/m0/s1. The van der Waals surface area contributed by atoms with E-state index in [0.29, 0.717) is 6.04 Å². The highest BCUT2D eigenvalue weighted by Crippen LogP contribution is 2.09. The summed E-state index contributed by atoms with van der Waals surface area (Å²) in [7, 11) is 0. The van der Waals surface area contributed by atoms with Crippen molar-refractivity contribution >= 4 is 0 Å². The van der Waals surface area contributed by atoms with Gasteiger partial charge in [0.25, 0.3) is 0 Å². The largest absolute Gasteiger partial charge is 0.311 e. The maximum atomic E-state index is 3.45. The van der Waals surface area contributed by atoms with Gasteiger partial charge in [0.2, 0.25) is 0 Å². The van der Waals surface area contributed by atoms with Gasteiger partial charge in [0, 0.05) is 12.6 Å². The third-order valence-electron chi connectivity index (χ3n) is 2.30. The van der Waals surface area contributed by atoms with Crippen LogP contribution in [0.1, 0.15) is 20.3 Å². The van der Waals surface area contributed by atoms with Crippen molar-refractivity contribution in [1.82, 2.24) is 5.32 Å². The maximum Gasteiger partial charge on any atom is 0.0140 e. The van der Waals surface area contributed by atoms with E-state index in [2.05, 4.69) is 43.5 Å². The van der Waals surface area contributed by atoms with Crippen LogP contribution in [0.2, 0.25) is 0 Å². The summed E-state index contributed by atoms with van der Waals surface area (Å²) in [5.74, 6) is 0.742. The summed E-state index contributed by atoms with van der Waals surface area (Å²) in [6.07, 6.45) is 9.82. The van der Waals surface area contributed by atoms with E-state index in [-0.39, 0.29) is 0 Å². The van der Waals surface area contributed by atoms with E-state index < -0.39 is 0 Å². The van der Waals surface area contributed by atoms with Gasteiger partial charge >= 0.3 is 0 Å². The molecule has 2 atom stereocenters. The topological polar surface area (TPSA) is 12.0 Å². The van der Waals surface area contributed by atoms with Gasteiger partial charge in [0.15, 0.2) is 0 Å². The second kappa shape index (κ2) is 4.35. The monoisotopic (exact) mass is 151 g/mol. The van der Waals surface area contributed by atoms with Crippen molar-refractivity contribution < 1.29 is 0 Å². The van der Waals surface area contributed by atoms with E-state index in [1.54, 1.807) is 0 Å². The summed E-state index contributed by atoms with van der Waals surface area (Å²) in [6.45, 7) is 5.53. The normalized spacial score (nSPS) is 38.4. The molecule has 62 valence electrons. The molecule has 1 N–H and O–H groups in total. The summed E-state index contributed by atoms with van der Waals surface area (Å²) in [4.78, 5) is 0. The fourth-order valence-electron chi connectivity index (χ4n) is 1.18. The van der Waals surface area contributed by atoms with Crippen LogP contribution in [0.4, 0.5) is 0 Å². The molecule has 0 radical (unpaired) electrons. The number of hydrogen-bond acceptors (Lipinski definition) is 1. The second-order valence-corrected chi connectivity index (χ2v) is 3.27. The lowest BCUT2D eigenvalue weighted by atomic mass is 10.00. The molecule has 0 aromatic carbocycles. The van der Waals surface area contributed by atoms with E-state index >= 15 is 0 Å². The van der Waals surface area contributed by atoms with Gasteiger partial charge in [-0.15, -0.1) is 0 Å². The summed E-state index contributed by atoms with van der Waals surface area (Å²) < 4.78 is 0. The quantitative estimate of drug-likeness (QED) is 0.559. The molecule has 0 spiro atoms. The molecule has 1 rings (SSSR count). The third kappa shape index (κ3) is 2.89. The lowest BCUT2D eigenvalue weighted by Gasteiger charge is -2.18. The van der Waals surface area contributed by atoms with E-state index in [4.69, 9.17) is 0 Å². The minimum absolute atomic E-state index is 0.627. The van der Waals surface area contributed by atoms with Crippen LogP contribution in [0.3, 0.4) is 0 Å². The van der Waals surface area contributed by atoms with Crippen LogP contribution >= 0.6 is 0 Å². The van der Waals surface area contributed by atoms with Crippen LogP contribution < -0.4 is 5.32 Å². The van der Waals surface area contributed by atoms with E-state index in [1.165, 1.54) is 6.42 Å². The molecular weight excluding hydrogens is 134 g/mol. The molecule has 1 aliphatic rings. The first kappa shape index (κ1) is 8.54. The molecular formula is C10H17N. The van der Waals surface area contributed by atoms with Gasteiger partial charge in [0.1, 0.15) is 0 Å². The van der Waals surface area contributed by atoms with Gasteiger partial charge in [-0.25, -0.2) is 0 Å². The van der Waals surface area contributed by atoms with E-state index in [9.17, 15) is 0 Å². The predicted molar refractivity (Wildman–Crippen MR) is 49.5 cm³/mol. The number of hydrogen-bond donors (Lipinski definition) is 1. The fourth-order valence-corrected chi connectivity index (χ4v) is 1.18. The lowest BCUT2D eigenvalue weighted by Crippen LogP contribution is -2.31. The molecule has 11 heavy (non-hydrogen) atoms. The second-order valence-electron chi connectivity index (χ2n) is 3.27. The minimum atomic E-state index is 0.627. The van der Waals surface area contributed by atoms with Crippen molar-refractivity contribution in [1.29, 1.82) is 0 Å². The molecule has 0 fully saturated rings. The lowest BCUT2D eigenvalue weighted by molar-refractivity contribution is 0.419. The van der Waals surface area contributed by atoms with Gasteiger partial charge in [-0.3, -0.25) is 0 Å². The Labute approximate surface area is 69.2 Å². The highest BCUT2D eigenvalue weighted by atomic mass is 14.9. The molecule has 0 amide bonds. The number of allylic oxidation sites excluding steroid dienone is 3. The van der Waals surface area contributed by atoms with Crippen LogP contribution in [0, 0.1) is 5.92 Å². The zero-order chi connectivity index (χ0) is 8.10. The summed E-state index contributed by atoms with van der Waals surface area (Å²) >= 11 is 0. The van der Waals surface area contributed by atoms with Crippen LogP contribution in [-0.2, 0) is 0 Å². The highest BCUT2D eigenvalue weighted by Gasteiger charge is 2.08. The van der Waals surface area contributed by atoms with Crippen molar-refractivity contribution in [2.24, 2.45) is 5.92 Å². The van der Waals surface area contributed by atoms with Gasteiger partial charge < -0.3 is 5.32 Å². The van der Waals surface area contributed by atoms with Gasteiger partial charge in [-0.1, -0.05) is 31.2 Å².